The number of carbonyl (C=O) groups excluding carboxylic acids is 2. The van der Waals surface area contributed by atoms with Gasteiger partial charge in [-0.2, -0.15) is 0 Å². The highest BCUT2D eigenvalue weighted by Gasteiger charge is 2.19. The number of rotatable bonds is 5. The first kappa shape index (κ1) is 16.6. The molecule has 0 radical (unpaired) electrons. The van der Waals surface area contributed by atoms with Crippen molar-refractivity contribution in [3.63, 3.8) is 0 Å². The van der Waals surface area contributed by atoms with Crippen LogP contribution in [0.2, 0.25) is 0 Å². The zero-order chi connectivity index (χ0) is 17.8. The minimum atomic E-state index is -0.324. The van der Waals surface area contributed by atoms with E-state index >= 15 is 0 Å². The van der Waals surface area contributed by atoms with Crippen LogP contribution in [0, 0.1) is 0 Å². The predicted octanol–water partition coefficient (Wildman–Crippen LogP) is 3.28. The molecule has 0 atom stereocenters. The van der Waals surface area contributed by atoms with Crippen LogP contribution < -0.4 is 5.32 Å². The Hall–Kier alpha value is -3.28. The molecule has 3 rings (SSSR count). The smallest absolute Gasteiger partial charge is 0.278 e. The Kier molecular flexibility index (Phi) is 4.70. The van der Waals surface area contributed by atoms with Crippen LogP contribution in [-0.2, 0) is 6.42 Å². The molecule has 6 nitrogen and oxygen atoms in total. The number of benzene rings is 2. The van der Waals surface area contributed by atoms with Gasteiger partial charge in [0.25, 0.3) is 5.91 Å². The first-order valence-corrected chi connectivity index (χ1v) is 8.02. The molecule has 1 heterocycles. The van der Waals surface area contributed by atoms with Gasteiger partial charge in [-0.3, -0.25) is 9.59 Å². The molecule has 1 N–H and O–H groups in total. The summed E-state index contributed by atoms with van der Waals surface area (Å²) < 4.78 is 1.67. The molecule has 1 amide bonds. The normalized spacial score (nSPS) is 10.5. The molecule has 0 spiro atoms. The fourth-order valence-corrected chi connectivity index (χ4v) is 2.55. The lowest BCUT2D eigenvalue weighted by molar-refractivity contribution is 0.101. The van der Waals surface area contributed by atoms with Crippen molar-refractivity contribution in [3.8, 4) is 5.69 Å². The molecule has 1 aromatic heterocycles. The fourth-order valence-electron chi connectivity index (χ4n) is 2.55. The number of hydrogen-bond donors (Lipinski definition) is 1. The summed E-state index contributed by atoms with van der Waals surface area (Å²) in [7, 11) is 0. The molecule has 3 aromatic rings. The van der Waals surface area contributed by atoms with Crippen LogP contribution in [0.15, 0.2) is 54.6 Å². The maximum absolute atomic E-state index is 12.6. The van der Waals surface area contributed by atoms with E-state index in [1.54, 1.807) is 28.9 Å². The van der Waals surface area contributed by atoms with E-state index in [9.17, 15) is 9.59 Å². The van der Waals surface area contributed by atoms with E-state index in [1.165, 1.54) is 6.92 Å². The third kappa shape index (κ3) is 3.47. The number of anilines is 1. The quantitative estimate of drug-likeness (QED) is 0.726. The molecule has 0 unspecified atom stereocenters. The molecule has 0 bridgehead atoms. The van der Waals surface area contributed by atoms with Crippen molar-refractivity contribution in [3.05, 3.63) is 71.5 Å². The Bertz CT molecular complexity index is 899. The maximum atomic E-state index is 12.6. The highest BCUT2D eigenvalue weighted by molar-refractivity contribution is 6.04. The van der Waals surface area contributed by atoms with Crippen molar-refractivity contribution < 1.29 is 9.59 Å². The number of Topliss-reactive ketones (excluding diaryl/α,β-unsaturated/α-hetero) is 1. The number of nitrogens with one attached hydrogen (secondary N) is 1. The van der Waals surface area contributed by atoms with Crippen molar-refractivity contribution in [2.24, 2.45) is 0 Å². The Morgan fingerprint density at radius 1 is 1.04 bits per heavy atom. The van der Waals surface area contributed by atoms with Gasteiger partial charge in [0.15, 0.2) is 11.5 Å². The molecule has 0 aliphatic heterocycles. The number of ketones is 1. The monoisotopic (exact) mass is 334 g/mol. The molecule has 0 aliphatic rings. The summed E-state index contributed by atoms with van der Waals surface area (Å²) in [5.41, 5.74) is 3.09. The largest absolute Gasteiger partial charge is 0.321 e. The summed E-state index contributed by atoms with van der Waals surface area (Å²) >= 11 is 0. The first-order chi connectivity index (χ1) is 12.1. The molecule has 0 aliphatic carbocycles. The summed E-state index contributed by atoms with van der Waals surface area (Å²) in [6.07, 6.45) is 0.619. The van der Waals surface area contributed by atoms with Gasteiger partial charge in [0.2, 0.25) is 0 Å². The summed E-state index contributed by atoms with van der Waals surface area (Å²) in [6.45, 7) is 3.46. The highest BCUT2D eigenvalue weighted by Crippen LogP contribution is 2.16. The number of carbonyl (C=O) groups is 2. The third-order valence-corrected chi connectivity index (χ3v) is 3.86. The van der Waals surface area contributed by atoms with Crippen LogP contribution in [0.4, 0.5) is 5.69 Å². The Labute approximate surface area is 145 Å². The van der Waals surface area contributed by atoms with Crippen molar-refractivity contribution in [2.45, 2.75) is 20.3 Å². The van der Waals surface area contributed by atoms with Gasteiger partial charge in [0.1, 0.15) is 0 Å². The number of nitrogens with zero attached hydrogens (tertiary/aromatic N) is 3. The molecule has 0 saturated carbocycles. The lowest BCUT2D eigenvalue weighted by atomic mass is 10.1. The lowest BCUT2D eigenvalue weighted by Gasteiger charge is -2.07. The number of amides is 1. The molecule has 6 heteroatoms. The van der Waals surface area contributed by atoms with E-state index in [0.29, 0.717) is 23.4 Å². The Balaban J connectivity index is 1.85. The second-order valence-corrected chi connectivity index (χ2v) is 5.57. The van der Waals surface area contributed by atoms with Gasteiger partial charge in [-0.25, -0.2) is 4.68 Å². The van der Waals surface area contributed by atoms with Crippen molar-refractivity contribution in [1.29, 1.82) is 0 Å². The van der Waals surface area contributed by atoms with E-state index < -0.39 is 0 Å². The summed E-state index contributed by atoms with van der Waals surface area (Å²) in [6, 6.07) is 16.3. The van der Waals surface area contributed by atoms with E-state index in [-0.39, 0.29) is 11.7 Å². The second-order valence-electron chi connectivity index (χ2n) is 5.57. The van der Waals surface area contributed by atoms with Gasteiger partial charge in [0, 0.05) is 11.3 Å². The Morgan fingerprint density at radius 3 is 2.32 bits per heavy atom. The molecule has 126 valence electrons. The highest BCUT2D eigenvalue weighted by atomic mass is 16.2. The molecule has 25 heavy (non-hydrogen) atoms. The lowest BCUT2D eigenvalue weighted by Crippen LogP contribution is -2.15. The van der Waals surface area contributed by atoms with Crippen molar-refractivity contribution >= 4 is 17.4 Å². The first-order valence-electron chi connectivity index (χ1n) is 8.02. The minimum absolute atomic E-state index is 0.0167. The SMILES string of the molecule is CCc1c(C(=O)Nc2ccc(C(C)=O)cc2)nnn1-c1ccccc1. The van der Waals surface area contributed by atoms with Gasteiger partial charge >= 0.3 is 0 Å². The second kappa shape index (κ2) is 7.09. The average molecular weight is 334 g/mol. The third-order valence-electron chi connectivity index (χ3n) is 3.86. The zero-order valence-electron chi connectivity index (χ0n) is 14.1. The van der Waals surface area contributed by atoms with Gasteiger partial charge in [-0.05, 0) is 49.7 Å². The van der Waals surface area contributed by atoms with E-state index in [0.717, 1.165) is 11.4 Å². The van der Waals surface area contributed by atoms with Crippen LogP contribution in [0.25, 0.3) is 5.69 Å². The summed E-state index contributed by atoms with van der Waals surface area (Å²) in [5.74, 6) is -0.341. The number of hydrogen-bond acceptors (Lipinski definition) is 4. The van der Waals surface area contributed by atoms with Gasteiger partial charge in [-0.15, -0.1) is 5.10 Å². The summed E-state index contributed by atoms with van der Waals surface area (Å²) in [5, 5.41) is 11.0. The topological polar surface area (TPSA) is 76.9 Å². The van der Waals surface area contributed by atoms with Gasteiger partial charge in [-0.1, -0.05) is 30.3 Å². The molecule has 0 saturated heterocycles. The van der Waals surface area contributed by atoms with Crippen LogP contribution >= 0.6 is 0 Å². The Morgan fingerprint density at radius 2 is 1.72 bits per heavy atom. The molecule has 0 fully saturated rings. The molecular formula is C19H18N4O2. The van der Waals surface area contributed by atoms with Crippen LogP contribution in [0.1, 0.15) is 40.4 Å². The minimum Gasteiger partial charge on any atom is -0.321 e. The predicted molar refractivity (Wildman–Crippen MR) is 95.1 cm³/mol. The summed E-state index contributed by atoms with van der Waals surface area (Å²) in [4.78, 5) is 23.9. The molecule has 2 aromatic carbocycles. The standard InChI is InChI=1S/C19H18N4O2/c1-3-17-18(21-22-23(17)16-7-5-4-6-8-16)19(25)20-15-11-9-14(10-12-15)13(2)24/h4-12H,3H2,1-2H3,(H,20,25). The molecular weight excluding hydrogens is 316 g/mol. The van der Waals surface area contributed by atoms with Crippen molar-refractivity contribution in [1.82, 2.24) is 15.0 Å². The van der Waals surface area contributed by atoms with E-state index in [4.69, 9.17) is 0 Å². The fraction of sp³-hybridized carbons (Fsp3) is 0.158. The van der Waals surface area contributed by atoms with Crippen LogP contribution in [0.3, 0.4) is 0 Å². The van der Waals surface area contributed by atoms with Gasteiger partial charge in [0.05, 0.1) is 11.4 Å². The zero-order valence-corrected chi connectivity index (χ0v) is 14.1. The van der Waals surface area contributed by atoms with E-state index in [1.807, 2.05) is 37.3 Å². The van der Waals surface area contributed by atoms with Gasteiger partial charge < -0.3 is 5.32 Å². The maximum Gasteiger partial charge on any atom is 0.278 e. The average Bonchev–Trinajstić information content (AvgIpc) is 3.07. The number of para-hydroxylation sites is 1. The van der Waals surface area contributed by atoms with E-state index in [2.05, 4.69) is 15.6 Å². The number of aromatic nitrogens is 3. The van der Waals surface area contributed by atoms with Crippen molar-refractivity contribution in [2.75, 3.05) is 5.32 Å². The van der Waals surface area contributed by atoms with Crippen LogP contribution in [-0.4, -0.2) is 26.7 Å². The van der Waals surface area contributed by atoms with Crippen LogP contribution in [0.5, 0.6) is 0 Å².